The van der Waals surface area contributed by atoms with E-state index in [1.807, 2.05) is 42.0 Å². The van der Waals surface area contributed by atoms with Crippen LogP contribution in [0.3, 0.4) is 0 Å². The minimum Gasteiger partial charge on any atom is -0.324 e. The van der Waals surface area contributed by atoms with Crippen molar-refractivity contribution in [1.82, 2.24) is 44.7 Å². The highest BCUT2D eigenvalue weighted by atomic mass is 16.1. The summed E-state index contributed by atoms with van der Waals surface area (Å²) in [4.78, 5) is 38.7. The average Bonchev–Trinajstić information content (AvgIpc) is 3.74. The number of hydrogen-bond acceptors (Lipinski definition) is 7. The predicted octanol–water partition coefficient (Wildman–Crippen LogP) is 4.58. The number of imidazole rings is 2. The largest absolute Gasteiger partial charge is 0.324 e. The molecule has 6 aromatic heterocycles. The third-order valence-electron chi connectivity index (χ3n) is 7.01. The Balaban J connectivity index is 1.24. The molecular formula is C27H24N10O. The number of aromatic amines is 2. The number of nitrogens with zero attached hydrogens (tertiary/aromatic N) is 7. The average molecular weight is 505 g/mol. The second-order valence-electron chi connectivity index (χ2n) is 9.63. The zero-order chi connectivity index (χ0) is 25.6. The number of pyridine rings is 3. The molecule has 1 aliphatic rings. The topological polar surface area (TPSA) is 143 Å². The van der Waals surface area contributed by atoms with Gasteiger partial charge in [0.1, 0.15) is 11.0 Å². The first-order valence-electron chi connectivity index (χ1n) is 12.6. The second kappa shape index (κ2) is 8.87. The first-order chi connectivity index (χ1) is 18.6. The molecule has 0 spiro atoms. The van der Waals surface area contributed by atoms with E-state index >= 15 is 0 Å². The maximum absolute atomic E-state index is 12.6. The van der Waals surface area contributed by atoms with Gasteiger partial charge in [0.2, 0.25) is 5.91 Å². The highest BCUT2D eigenvalue weighted by molar-refractivity contribution is 5.94. The van der Waals surface area contributed by atoms with Gasteiger partial charge in [-0.2, -0.15) is 5.10 Å². The van der Waals surface area contributed by atoms with Gasteiger partial charge in [-0.1, -0.05) is 12.8 Å². The lowest BCUT2D eigenvalue weighted by molar-refractivity contribution is -0.119. The van der Waals surface area contributed by atoms with E-state index in [-0.39, 0.29) is 11.8 Å². The normalized spacial score (nSPS) is 14.0. The van der Waals surface area contributed by atoms with Crippen molar-refractivity contribution in [3.05, 3.63) is 61.1 Å². The molecule has 1 fully saturated rings. The minimum atomic E-state index is 0.0608. The molecule has 11 heteroatoms. The lowest BCUT2D eigenvalue weighted by Gasteiger charge is -2.11. The lowest BCUT2D eigenvalue weighted by Crippen LogP contribution is -2.20. The Kier molecular flexibility index (Phi) is 5.20. The quantitative estimate of drug-likeness (QED) is 0.312. The van der Waals surface area contributed by atoms with E-state index < -0.39 is 0 Å². The van der Waals surface area contributed by atoms with Gasteiger partial charge in [0.15, 0.2) is 17.2 Å². The molecule has 1 aliphatic carbocycles. The molecule has 0 aromatic carbocycles. The predicted molar refractivity (Wildman–Crippen MR) is 142 cm³/mol. The maximum Gasteiger partial charge on any atom is 0.227 e. The highest BCUT2D eigenvalue weighted by Gasteiger charge is 2.23. The summed E-state index contributed by atoms with van der Waals surface area (Å²) in [6, 6.07) is 7.64. The van der Waals surface area contributed by atoms with E-state index in [2.05, 4.69) is 35.5 Å². The first-order valence-corrected chi connectivity index (χ1v) is 12.6. The fourth-order valence-electron chi connectivity index (χ4n) is 5.08. The van der Waals surface area contributed by atoms with Crippen LogP contribution in [0.2, 0.25) is 0 Å². The molecular weight excluding hydrogens is 480 g/mol. The molecule has 38 heavy (non-hydrogen) atoms. The third kappa shape index (κ3) is 3.88. The van der Waals surface area contributed by atoms with Crippen molar-refractivity contribution < 1.29 is 4.79 Å². The molecule has 188 valence electrons. The van der Waals surface area contributed by atoms with Crippen LogP contribution >= 0.6 is 0 Å². The standard InChI is InChI=1S/C27H24N10O/c1-15-13-37(14-30-15)21-8-9-29-25-23(21)33-26(34-25)24-22-20(35-36-24)7-6-19(32-22)17-10-18(12-28-11-17)31-27(38)16-4-2-3-5-16/h6-14,16H,2-5H2,1H3,(H,31,38)(H,35,36)(H,29,33,34). The second-order valence-corrected chi connectivity index (χ2v) is 9.63. The number of fused-ring (bicyclic) bond motifs is 2. The van der Waals surface area contributed by atoms with Crippen molar-refractivity contribution in [3.63, 3.8) is 0 Å². The number of rotatable bonds is 5. The van der Waals surface area contributed by atoms with Crippen LogP contribution in [0, 0.1) is 12.8 Å². The molecule has 1 saturated carbocycles. The van der Waals surface area contributed by atoms with Crippen molar-refractivity contribution in [1.29, 1.82) is 0 Å². The molecule has 0 saturated heterocycles. The number of hydrogen-bond donors (Lipinski definition) is 3. The van der Waals surface area contributed by atoms with Crippen molar-refractivity contribution >= 4 is 33.8 Å². The SMILES string of the molecule is Cc1cn(-c2ccnc3[nH]c(-c4n[nH]c5ccc(-c6cncc(NC(=O)C7CCCC7)c6)nc45)nc23)cn1. The van der Waals surface area contributed by atoms with Crippen molar-refractivity contribution in [2.45, 2.75) is 32.6 Å². The zero-order valence-electron chi connectivity index (χ0n) is 20.6. The smallest absolute Gasteiger partial charge is 0.227 e. The van der Waals surface area contributed by atoms with Gasteiger partial charge in [0.25, 0.3) is 0 Å². The number of aryl methyl sites for hydroxylation is 1. The Bertz CT molecular complexity index is 1810. The molecule has 0 bridgehead atoms. The Morgan fingerprint density at radius 2 is 1.97 bits per heavy atom. The molecule has 0 radical (unpaired) electrons. The molecule has 6 aromatic rings. The van der Waals surface area contributed by atoms with Crippen molar-refractivity contribution in [2.75, 3.05) is 5.32 Å². The molecule has 7 rings (SSSR count). The fraction of sp³-hybridized carbons (Fsp3) is 0.222. The summed E-state index contributed by atoms with van der Waals surface area (Å²) in [5.74, 6) is 0.701. The molecule has 6 heterocycles. The fourth-order valence-corrected chi connectivity index (χ4v) is 5.08. The van der Waals surface area contributed by atoms with Crippen LogP contribution < -0.4 is 5.32 Å². The van der Waals surface area contributed by atoms with Gasteiger partial charge in [0, 0.05) is 30.1 Å². The van der Waals surface area contributed by atoms with Crippen LogP contribution in [0.1, 0.15) is 31.4 Å². The lowest BCUT2D eigenvalue weighted by atomic mass is 10.1. The van der Waals surface area contributed by atoms with Gasteiger partial charge in [-0.15, -0.1) is 0 Å². The first kappa shape index (κ1) is 22.3. The van der Waals surface area contributed by atoms with E-state index in [0.717, 1.165) is 48.1 Å². The van der Waals surface area contributed by atoms with Crippen LogP contribution in [-0.2, 0) is 4.79 Å². The van der Waals surface area contributed by atoms with Gasteiger partial charge in [-0.3, -0.25) is 14.9 Å². The van der Waals surface area contributed by atoms with Gasteiger partial charge < -0.3 is 14.9 Å². The van der Waals surface area contributed by atoms with E-state index in [0.29, 0.717) is 39.6 Å². The van der Waals surface area contributed by atoms with Crippen LogP contribution in [0.15, 0.2) is 55.4 Å². The summed E-state index contributed by atoms with van der Waals surface area (Å²) in [5.41, 5.74) is 7.36. The summed E-state index contributed by atoms with van der Waals surface area (Å²) >= 11 is 0. The van der Waals surface area contributed by atoms with Gasteiger partial charge in [0.05, 0.1) is 40.8 Å². The highest BCUT2D eigenvalue weighted by Crippen LogP contribution is 2.30. The summed E-state index contributed by atoms with van der Waals surface area (Å²) in [5, 5.41) is 10.6. The number of amides is 1. The van der Waals surface area contributed by atoms with E-state index in [4.69, 9.17) is 9.97 Å². The molecule has 0 unspecified atom stereocenters. The number of anilines is 1. The van der Waals surface area contributed by atoms with E-state index in [1.54, 1.807) is 24.9 Å². The zero-order valence-corrected chi connectivity index (χ0v) is 20.6. The Morgan fingerprint density at radius 1 is 1.08 bits per heavy atom. The number of aromatic nitrogens is 9. The van der Waals surface area contributed by atoms with E-state index in [9.17, 15) is 4.79 Å². The van der Waals surface area contributed by atoms with Gasteiger partial charge >= 0.3 is 0 Å². The molecule has 0 atom stereocenters. The van der Waals surface area contributed by atoms with E-state index in [1.165, 1.54) is 0 Å². The summed E-state index contributed by atoms with van der Waals surface area (Å²) in [7, 11) is 0. The maximum atomic E-state index is 12.6. The Hall–Kier alpha value is -4.93. The molecule has 1 amide bonds. The molecule has 3 N–H and O–H groups in total. The Labute approximate surface area is 216 Å². The number of nitrogens with one attached hydrogen (secondary N) is 3. The number of H-pyrrole nitrogens is 2. The number of carbonyl (C=O) groups excluding carboxylic acids is 1. The molecule has 11 nitrogen and oxygen atoms in total. The molecule has 0 aliphatic heterocycles. The summed E-state index contributed by atoms with van der Waals surface area (Å²) in [6.07, 6.45) is 13.0. The summed E-state index contributed by atoms with van der Waals surface area (Å²) < 4.78 is 1.93. The number of carbonyl (C=O) groups is 1. The Morgan fingerprint density at radius 3 is 2.82 bits per heavy atom. The van der Waals surface area contributed by atoms with Crippen LogP contribution in [0.5, 0.6) is 0 Å². The van der Waals surface area contributed by atoms with Crippen molar-refractivity contribution in [3.8, 4) is 28.5 Å². The van der Waals surface area contributed by atoms with Crippen LogP contribution in [0.4, 0.5) is 5.69 Å². The minimum absolute atomic E-state index is 0.0608. The van der Waals surface area contributed by atoms with Crippen molar-refractivity contribution in [2.24, 2.45) is 5.92 Å². The monoisotopic (exact) mass is 504 g/mol. The third-order valence-corrected chi connectivity index (χ3v) is 7.01. The van der Waals surface area contributed by atoms with Crippen LogP contribution in [0.25, 0.3) is 50.7 Å². The van der Waals surface area contributed by atoms with Crippen LogP contribution in [-0.4, -0.2) is 50.6 Å². The summed E-state index contributed by atoms with van der Waals surface area (Å²) in [6.45, 7) is 1.94. The van der Waals surface area contributed by atoms with Gasteiger partial charge in [-0.25, -0.2) is 19.9 Å². The van der Waals surface area contributed by atoms with Gasteiger partial charge in [-0.05, 0) is 44.0 Å².